The molecule has 0 atom stereocenters. The Morgan fingerprint density at radius 3 is 1.00 bits per heavy atom. The van der Waals surface area contributed by atoms with E-state index in [-0.39, 0.29) is 38.3 Å². The van der Waals surface area contributed by atoms with Gasteiger partial charge in [0.15, 0.2) is 0 Å². The van der Waals surface area contributed by atoms with Gasteiger partial charge in [-0.15, -0.1) is 0 Å². The molecule has 0 aliphatic carbocycles. The van der Waals surface area contributed by atoms with Gasteiger partial charge in [-0.2, -0.15) is 0 Å². The maximum atomic E-state index is 13.9. The molecule has 0 aliphatic heterocycles. The van der Waals surface area contributed by atoms with E-state index >= 15 is 0 Å². The zero-order valence-electron chi connectivity index (χ0n) is 32.5. The molecule has 3 rings (SSSR count). The number of halogens is 2. The minimum Gasteiger partial charge on any atom is -0.207 e. The fourth-order valence-corrected chi connectivity index (χ4v) is 5.62. The zero-order chi connectivity index (χ0) is 35.6. The van der Waals surface area contributed by atoms with Crippen LogP contribution < -0.4 is 0 Å². The summed E-state index contributed by atoms with van der Waals surface area (Å²) >= 11 is 6.32. The fraction of sp³-hybridized carbons (Fsp3) is 0.581. The van der Waals surface area contributed by atoms with Crippen molar-refractivity contribution >= 4 is 11.6 Å². The van der Waals surface area contributed by atoms with Crippen LogP contribution in [0.15, 0.2) is 54.6 Å². The van der Waals surface area contributed by atoms with Crippen LogP contribution in [0.25, 0.3) is 0 Å². The molecule has 0 aliphatic rings. The topological polar surface area (TPSA) is 0 Å². The summed E-state index contributed by atoms with van der Waals surface area (Å²) in [7, 11) is 0. The molecule has 3 aromatic carbocycles. The van der Waals surface area contributed by atoms with Crippen LogP contribution in [0.3, 0.4) is 0 Å². The number of benzene rings is 3. The highest BCUT2D eigenvalue weighted by Crippen LogP contribution is 2.34. The summed E-state index contributed by atoms with van der Waals surface area (Å²) in [5.74, 6) is -0.0880. The lowest BCUT2D eigenvalue weighted by atomic mass is 9.80. The van der Waals surface area contributed by atoms with E-state index < -0.39 is 0 Å². The van der Waals surface area contributed by atoms with Crippen molar-refractivity contribution in [2.75, 3.05) is 0 Å². The fourth-order valence-electron chi connectivity index (χ4n) is 5.15. The van der Waals surface area contributed by atoms with E-state index in [9.17, 15) is 4.39 Å². The second-order valence-corrected chi connectivity index (χ2v) is 19.3. The van der Waals surface area contributed by atoms with Crippen LogP contribution >= 0.6 is 11.6 Å². The van der Waals surface area contributed by atoms with Crippen molar-refractivity contribution in [3.05, 3.63) is 104 Å². The Hall–Kier alpha value is -2.12. The first kappa shape index (κ1) is 40.9. The van der Waals surface area contributed by atoms with Gasteiger partial charge in [0.25, 0.3) is 0 Å². The van der Waals surface area contributed by atoms with Crippen molar-refractivity contribution in [1.29, 1.82) is 0 Å². The van der Waals surface area contributed by atoms with E-state index in [1.807, 2.05) is 32.9 Å². The molecule has 3 aromatic rings. The molecule has 45 heavy (non-hydrogen) atoms. The molecule has 0 spiro atoms. The summed E-state index contributed by atoms with van der Waals surface area (Å²) in [4.78, 5) is 0. The standard InChI is InChI=1S/C15H24.C14H21Cl.C14H21F/c1-11-10-12(14(2,3)4)8-9-13(11)15(5,6)7;2*1-13(2,3)10-7-8-11(12(15)9-10)14(4,5)6/h8-10H,1-7H3;2*7-9H,1-6H3. The van der Waals surface area contributed by atoms with E-state index in [0.29, 0.717) is 0 Å². The summed E-state index contributed by atoms with van der Waals surface area (Å²) in [6, 6.07) is 18.9. The maximum Gasteiger partial charge on any atom is 0.127 e. The summed E-state index contributed by atoms with van der Waals surface area (Å²) in [5.41, 5.74) is 9.31. The van der Waals surface area contributed by atoms with E-state index in [1.165, 1.54) is 27.8 Å². The largest absolute Gasteiger partial charge is 0.207 e. The third-order valence-corrected chi connectivity index (χ3v) is 8.50. The van der Waals surface area contributed by atoms with Gasteiger partial charge in [0, 0.05) is 5.02 Å². The normalized spacial score (nSPS) is 13.0. The second-order valence-electron chi connectivity index (χ2n) is 18.9. The van der Waals surface area contributed by atoms with E-state index in [2.05, 4.69) is 147 Å². The predicted octanol–water partition coefficient (Wildman–Crippen LogP) is 13.9. The Kier molecular flexibility index (Phi) is 13.0. The SMILES string of the molecule is CC(C)(C)c1ccc(C(C)(C)C)c(Cl)c1.CC(C)(C)c1ccc(C(C)(C)C)c(F)c1.Cc1cc(C(C)(C)C)ccc1C(C)(C)C. The van der Waals surface area contributed by atoms with Crippen LogP contribution in [-0.4, -0.2) is 0 Å². The monoisotopic (exact) mass is 636 g/mol. The first-order valence-corrected chi connectivity index (χ1v) is 17.0. The highest BCUT2D eigenvalue weighted by Gasteiger charge is 2.23. The van der Waals surface area contributed by atoms with Crippen molar-refractivity contribution in [1.82, 2.24) is 0 Å². The molecule has 0 amide bonds. The molecule has 0 bridgehead atoms. The van der Waals surface area contributed by atoms with Gasteiger partial charge in [-0.25, -0.2) is 4.39 Å². The van der Waals surface area contributed by atoms with Crippen LogP contribution in [0, 0.1) is 12.7 Å². The first-order chi connectivity index (χ1) is 19.9. The van der Waals surface area contributed by atoms with Gasteiger partial charge in [-0.3, -0.25) is 0 Å². The second kappa shape index (κ2) is 14.3. The quantitative estimate of drug-likeness (QED) is 0.230. The molecule has 0 fully saturated rings. The Morgan fingerprint density at radius 1 is 0.400 bits per heavy atom. The van der Waals surface area contributed by atoms with Crippen molar-refractivity contribution in [3.8, 4) is 0 Å². The lowest BCUT2D eigenvalue weighted by Crippen LogP contribution is -2.16. The lowest BCUT2D eigenvalue weighted by molar-refractivity contribution is 0.513. The minimum absolute atomic E-state index is 0.0112. The highest BCUT2D eigenvalue weighted by molar-refractivity contribution is 6.31. The molecule has 0 aromatic heterocycles. The summed E-state index contributed by atoms with van der Waals surface area (Å²) in [6.07, 6.45) is 0. The number of hydrogen-bond donors (Lipinski definition) is 0. The summed E-state index contributed by atoms with van der Waals surface area (Å²) < 4.78 is 13.9. The molecule has 0 unspecified atom stereocenters. The van der Waals surface area contributed by atoms with Crippen molar-refractivity contribution in [3.63, 3.8) is 0 Å². The molecule has 0 heterocycles. The molecular weight excluding hydrogens is 571 g/mol. The molecule has 0 nitrogen and oxygen atoms in total. The van der Waals surface area contributed by atoms with Gasteiger partial charge in [-0.1, -0.05) is 179 Å². The Labute approximate surface area is 283 Å². The Bertz CT molecular complexity index is 1220. The molecule has 0 saturated carbocycles. The smallest absolute Gasteiger partial charge is 0.127 e. The van der Waals surface area contributed by atoms with Gasteiger partial charge in [-0.05, 0) is 90.5 Å². The minimum atomic E-state index is -0.125. The van der Waals surface area contributed by atoms with Gasteiger partial charge in [0.1, 0.15) is 5.82 Å². The maximum absolute atomic E-state index is 13.9. The van der Waals surface area contributed by atoms with E-state index in [1.54, 1.807) is 6.07 Å². The average molecular weight is 637 g/mol. The van der Waals surface area contributed by atoms with Crippen LogP contribution in [0.4, 0.5) is 4.39 Å². The van der Waals surface area contributed by atoms with Gasteiger partial charge in [0.05, 0.1) is 0 Å². The number of rotatable bonds is 0. The van der Waals surface area contributed by atoms with Crippen molar-refractivity contribution in [2.24, 2.45) is 0 Å². The zero-order valence-corrected chi connectivity index (χ0v) is 33.2. The lowest BCUT2D eigenvalue weighted by Gasteiger charge is -2.25. The number of aryl methyl sites for hydroxylation is 1. The third-order valence-electron chi connectivity index (χ3n) is 8.19. The Morgan fingerprint density at radius 2 is 0.711 bits per heavy atom. The molecule has 0 saturated heterocycles. The van der Waals surface area contributed by atoms with E-state index in [0.717, 1.165) is 16.1 Å². The van der Waals surface area contributed by atoms with Crippen molar-refractivity contribution < 1.29 is 4.39 Å². The van der Waals surface area contributed by atoms with Crippen LogP contribution in [0.2, 0.25) is 5.02 Å². The summed E-state index contributed by atoms with van der Waals surface area (Å²) in [5, 5.41) is 0.884. The number of hydrogen-bond acceptors (Lipinski definition) is 0. The van der Waals surface area contributed by atoms with Crippen LogP contribution in [-0.2, 0) is 32.5 Å². The molecule has 0 radical (unpaired) electrons. The van der Waals surface area contributed by atoms with Gasteiger partial charge >= 0.3 is 0 Å². The van der Waals surface area contributed by atoms with Crippen LogP contribution in [0.1, 0.15) is 164 Å². The predicted molar refractivity (Wildman–Crippen MR) is 201 cm³/mol. The van der Waals surface area contributed by atoms with E-state index in [4.69, 9.17) is 11.6 Å². The molecular formula is C43H66ClF. The van der Waals surface area contributed by atoms with Gasteiger partial charge in [0.2, 0.25) is 0 Å². The molecule has 252 valence electrons. The van der Waals surface area contributed by atoms with Crippen LogP contribution in [0.5, 0.6) is 0 Å². The average Bonchev–Trinajstić information content (AvgIpc) is 2.80. The molecule has 0 N–H and O–H groups in total. The van der Waals surface area contributed by atoms with Crippen molar-refractivity contribution in [2.45, 2.75) is 164 Å². The first-order valence-electron chi connectivity index (χ1n) is 16.6. The third kappa shape index (κ3) is 12.5. The molecule has 2 heteroatoms. The Balaban J connectivity index is 0.000000337. The summed E-state index contributed by atoms with van der Waals surface area (Å²) in [6.45, 7) is 41.4. The highest BCUT2D eigenvalue weighted by atomic mass is 35.5. The van der Waals surface area contributed by atoms with Gasteiger partial charge < -0.3 is 0 Å².